The highest BCUT2D eigenvalue weighted by Gasteiger charge is 2.28. The van der Waals surface area contributed by atoms with Crippen molar-refractivity contribution >= 4 is 17.6 Å². The number of hydrogen-bond donors (Lipinski definition) is 1. The molecule has 0 fully saturated rings. The van der Waals surface area contributed by atoms with E-state index < -0.39 is 5.97 Å². The van der Waals surface area contributed by atoms with Gasteiger partial charge in [0, 0.05) is 24.0 Å². The number of aryl methyl sites for hydroxylation is 1. The predicted molar refractivity (Wildman–Crippen MR) is 76.2 cm³/mol. The number of rotatable bonds is 4. The molecule has 3 rings (SSSR count). The number of nitrogens with zero attached hydrogens (tertiary/aromatic N) is 3. The molecule has 2 heterocycles. The normalized spacial score (nSPS) is 13.6. The lowest BCUT2D eigenvalue weighted by Gasteiger charge is -2.16. The smallest absolute Gasteiger partial charge is 0.335 e. The summed E-state index contributed by atoms with van der Waals surface area (Å²) >= 11 is 0. The predicted octanol–water partition coefficient (Wildman–Crippen LogP) is 1.69. The number of benzene rings is 1. The Balaban J connectivity index is 1.91. The molecule has 6 nitrogen and oxygen atoms in total. The molecule has 1 aliphatic heterocycles. The molecular weight excluding hydrogens is 270 g/mol. The number of anilines is 1. The summed E-state index contributed by atoms with van der Waals surface area (Å²) in [7, 11) is 0. The molecule has 108 valence electrons. The van der Waals surface area contributed by atoms with Crippen molar-refractivity contribution in [2.45, 2.75) is 26.4 Å². The van der Waals surface area contributed by atoms with Gasteiger partial charge in [-0.1, -0.05) is 6.07 Å². The van der Waals surface area contributed by atoms with Gasteiger partial charge in [0.2, 0.25) is 5.91 Å². The quantitative estimate of drug-likeness (QED) is 0.927. The lowest BCUT2D eigenvalue weighted by atomic mass is 10.1. The highest BCUT2D eigenvalue weighted by molar-refractivity contribution is 6.02. The Labute approximate surface area is 121 Å². The van der Waals surface area contributed by atoms with E-state index in [0.29, 0.717) is 18.7 Å². The lowest BCUT2D eigenvalue weighted by molar-refractivity contribution is -0.117. The Kier molecular flexibility index (Phi) is 3.21. The van der Waals surface area contributed by atoms with Gasteiger partial charge in [0.05, 0.1) is 24.7 Å². The van der Waals surface area contributed by atoms with E-state index in [1.165, 1.54) is 6.07 Å². The molecule has 2 aromatic rings. The number of carbonyl (C=O) groups is 2. The molecule has 21 heavy (non-hydrogen) atoms. The van der Waals surface area contributed by atoms with Gasteiger partial charge in [0.15, 0.2) is 0 Å². The summed E-state index contributed by atoms with van der Waals surface area (Å²) in [5, 5.41) is 13.3. The number of aromatic nitrogens is 2. The second kappa shape index (κ2) is 5.05. The fraction of sp³-hybridized carbons (Fsp3) is 0.267. The van der Waals surface area contributed by atoms with Crippen molar-refractivity contribution in [3.05, 3.63) is 47.3 Å². The van der Waals surface area contributed by atoms with Gasteiger partial charge in [0.1, 0.15) is 0 Å². The van der Waals surface area contributed by atoms with Gasteiger partial charge in [-0.25, -0.2) is 4.79 Å². The van der Waals surface area contributed by atoms with Crippen molar-refractivity contribution in [2.24, 2.45) is 0 Å². The summed E-state index contributed by atoms with van der Waals surface area (Å²) in [6.07, 6.45) is 3.94. The molecule has 1 aromatic carbocycles. The fourth-order valence-corrected chi connectivity index (χ4v) is 2.51. The zero-order valence-electron chi connectivity index (χ0n) is 11.6. The maximum atomic E-state index is 12.1. The average molecular weight is 285 g/mol. The standard InChI is InChI=1S/C15H15N3O3/c1-2-17-8-10(7-16-17)9-18-13-5-12(15(20)21)4-3-11(13)6-14(18)19/h3-5,7-8H,2,6,9H2,1H3,(H,20,21). The maximum Gasteiger partial charge on any atom is 0.335 e. The molecule has 1 amide bonds. The fourth-order valence-electron chi connectivity index (χ4n) is 2.51. The molecular formula is C15H15N3O3. The molecule has 1 aliphatic rings. The number of carbonyl (C=O) groups excluding carboxylic acids is 1. The average Bonchev–Trinajstić information content (AvgIpc) is 3.04. The number of aromatic carboxylic acids is 1. The Morgan fingerprint density at radius 2 is 2.24 bits per heavy atom. The molecule has 0 unspecified atom stereocenters. The van der Waals surface area contributed by atoms with Gasteiger partial charge in [0.25, 0.3) is 0 Å². The summed E-state index contributed by atoms with van der Waals surface area (Å²) in [4.78, 5) is 24.8. The Hall–Kier alpha value is -2.63. The molecule has 0 spiro atoms. The van der Waals surface area contributed by atoms with Crippen LogP contribution in [0.25, 0.3) is 0 Å². The molecule has 0 bridgehead atoms. The summed E-state index contributed by atoms with van der Waals surface area (Å²) in [6.45, 7) is 3.18. The molecule has 0 atom stereocenters. The third kappa shape index (κ3) is 2.40. The van der Waals surface area contributed by atoms with E-state index in [2.05, 4.69) is 5.10 Å². The van der Waals surface area contributed by atoms with E-state index >= 15 is 0 Å². The van der Waals surface area contributed by atoms with E-state index in [1.54, 1.807) is 27.9 Å². The van der Waals surface area contributed by atoms with Crippen molar-refractivity contribution in [1.82, 2.24) is 9.78 Å². The van der Waals surface area contributed by atoms with Gasteiger partial charge < -0.3 is 10.0 Å². The minimum atomic E-state index is -0.990. The zero-order chi connectivity index (χ0) is 15.0. The van der Waals surface area contributed by atoms with Crippen molar-refractivity contribution in [1.29, 1.82) is 0 Å². The van der Waals surface area contributed by atoms with Crippen molar-refractivity contribution < 1.29 is 14.7 Å². The van der Waals surface area contributed by atoms with Crippen LogP contribution in [0, 0.1) is 0 Å². The van der Waals surface area contributed by atoms with E-state index in [9.17, 15) is 9.59 Å². The molecule has 6 heteroatoms. The lowest BCUT2D eigenvalue weighted by Crippen LogP contribution is -2.26. The topological polar surface area (TPSA) is 75.4 Å². The number of carboxylic acid groups (broad SMARTS) is 1. The van der Waals surface area contributed by atoms with E-state index in [-0.39, 0.29) is 11.5 Å². The first kappa shape index (κ1) is 13.4. The number of amides is 1. The number of carboxylic acids is 1. The van der Waals surface area contributed by atoms with Crippen LogP contribution in [0.4, 0.5) is 5.69 Å². The Morgan fingerprint density at radius 3 is 2.90 bits per heavy atom. The van der Waals surface area contributed by atoms with Crippen LogP contribution in [-0.4, -0.2) is 26.8 Å². The minimum Gasteiger partial charge on any atom is -0.478 e. The SMILES string of the molecule is CCn1cc(CN2C(=O)Cc3ccc(C(=O)O)cc32)cn1. The van der Waals surface area contributed by atoms with Crippen LogP contribution in [0.5, 0.6) is 0 Å². The van der Waals surface area contributed by atoms with Crippen LogP contribution in [-0.2, 0) is 24.3 Å². The van der Waals surface area contributed by atoms with Crippen LogP contribution in [0.2, 0.25) is 0 Å². The second-order valence-corrected chi connectivity index (χ2v) is 5.01. The molecule has 1 aromatic heterocycles. The summed E-state index contributed by atoms with van der Waals surface area (Å²) in [6, 6.07) is 4.81. The summed E-state index contributed by atoms with van der Waals surface area (Å²) in [5.41, 5.74) is 2.67. The third-order valence-corrected chi connectivity index (χ3v) is 3.62. The molecule has 0 saturated carbocycles. The first-order valence-electron chi connectivity index (χ1n) is 6.76. The highest BCUT2D eigenvalue weighted by atomic mass is 16.4. The van der Waals surface area contributed by atoms with Crippen LogP contribution >= 0.6 is 0 Å². The van der Waals surface area contributed by atoms with E-state index in [1.807, 2.05) is 13.1 Å². The van der Waals surface area contributed by atoms with Crippen LogP contribution in [0.3, 0.4) is 0 Å². The summed E-state index contributed by atoms with van der Waals surface area (Å²) in [5.74, 6) is -1.01. The van der Waals surface area contributed by atoms with Gasteiger partial charge in [-0.15, -0.1) is 0 Å². The molecule has 0 aliphatic carbocycles. The third-order valence-electron chi connectivity index (χ3n) is 3.62. The van der Waals surface area contributed by atoms with Crippen LogP contribution in [0.15, 0.2) is 30.6 Å². The highest BCUT2D eigenvalue weighted by Crippen LogP contribution is 2.31. The zero-order valence-corrected chi connectivity index (χ0v) is 11.6. The second-order valence-electron chi connectivity index (χ2n) is 5.01. The van der Waals surface area contributed by atoms with Crippen LogP contribution in [0.1, 0.15) is 28.4 Å². The Bertz CT molecular complexity index is 721. The molecule has 0 saturated heterocycles. The largest absolute Gasteiger partial charge is 0.478 e. The van der Waals surface area contributed by atoms with Crippen molar-refractivity contribution in [3.63, 3.8) is 0 Å². The van der Waals surface area contributed by atoms with E-state index in [0.717, 1.165) is 17.7 Å². The van der Waals surface area contributed by atoms with Gasteiger partial charge in [-0.05, 0) is 24.6 Å². The number of hydrogen-bond acceptors (Lipinski definition) is 3. The molecule has 0 radical (unpaired) electrons. The minimum absolute atomic E-state index is 0.0169. The number of fused-ring (bicyclic) bond motifs is 1. The van der Waals surface area contributed by atoms with Gasteiger partial charge >= 0.3 is 5.97 Å². The summed E-state index contributed by atoms with van der Waals surface area (Å²) < 4.78 is 1.80. The van der Waals surface area contributed by atoms with E-state index in [4.69, 9.17) is 5.11 Å². The van der Waals surface area contributed by atoms with Gasteiger partial charge in [-0.2, -0.15) is 5.10 Å². The Morgan fingerprint density at radius 1 is 1.43 bits per heavy atom. The van der Waals surface area contributed by atoms with Crippen LogP contribution < -0.4 is 4.90 Å². The van der Waals surface area contributed by atoms with Crippen molar-refractivity contribution in [3.8, 4) is 0 Å². The first-order valence-corrected chi connectivity index (χ1v) is 6.76. The molecule has 1 N–H and O–H groups in total. The van der Waals surface area contributed by atoms with Crippen molar-refractivity contribution in [2.75, 3.05) is 4.90 Å². The monoisotopic (exact) mass is 285 g/mol. The maximum absolute atomic E-state index is 12.1. The van der Waals surface area contributed by atoms with Gasteiger partial charge in [-0.3, -0.25) is 9.48 Å². The first-order chi connectivity index (χ1) is 10.1.